The zero-order chi connectivity index (χ0) is 42.7. The number of carbonyl (C=O) groups excluding carboxylic acids is 1. The first kappa shape index (κ1) is 40.2. The lowest BCUT2D eigenvalue weighted by molar-refractivity contribution is -0.142. The van der Waals surface area contributed by atoms with Crippen molar-refractivity contribution in [3.05, 3.63) is 140 Å². The lowest BCUT2D eigenvalue weighted by Crippen LogP contribution is -2.34. The number of fused-ring (bicyclic) bond motifs is 4. The van der Waals surface area contributed by atoms with Gasteiger partial charge in [0, 0.05) is 47.3 Å². The van der Waals surface area contributed by atoms with Crippen molar-refractivity contribution in [3.8, 4) is 0 Å². The molecule has 1 aliphatic heterocycles. The van der Waals surface area contributed by atoms with E-state index in [9.17, 15) is 32.7 Å². The molecule has 2 N–H and O–H groups in total. The summed E-state index contributed by atoms with van der Waals surface area (Å²) in [6.45, 7) is 5.01. The van der Waals surface area contributed by atoms with Crippen molar-refractivity contribution in [3.63, 3.8) is 0 Å². The van der Waals surface area contributed by atoms with Gasteiger partial charge in [0.15, 0.2) is 0 Å². The van der Waals surface area contributed by atoms with Crippen LogP contribution in [0.1, 0.15) is 47.6 Å². The number of nitrogens with zero attached hydrogens (tertiary/aromatic N) is 6. The molecule has 5 heterocycles. The van der Waals surface area contributed by atoms with Gasteiger partial charge in [0.25, 0.3) is 0 Å². The Morgan fingerprint density at radius 3 is 2.03 bits per heavy atom. The first-order valence-corrected chi connectivity index (χ1v) is 22.5. The average Bonchev–Trinajstić information content (AvgIpc) is 4.08. The molecular formula is C45H45N7O7S2. The number of aliphatic carboxylic acids is 1. The third kappa shape index (κ3) is 7.07. The molecule has 0 bridgehead atoms. The Bertz CT molecular complexity index is 3280. The first-order chi connectivity index (χ1) is 29.3. The summed E-state index contributed by atoms with van der Waals surface area (Å²) in [7, 11) is -1.80. The van der Waals surface area contributed by atoms with Crippen molar-refractivity contribution in [2.24, 2.45) is 13.0 Å². The Morgan fingerprint density at radius 2 is 1.34 bits per heavy atom. The van der Waals surface area contributed by atoms with E-state index in [1.807, 2.05) is 72.4 Å². The molecule has 1 saturated carbocycles. The molecule has 0 spiro atoms. The van der Waals surface area contributed by atoms with E-state index in [-0.39, 0.29) is 37.1 Å². The predicted octanol–water partition coefficient (Wildman–Crippen LogP) is 6.13. The van der Waals surface area contributed by atoms with E-state index >= 15 is 0 Å². The number of carboxylic acids is 1. The van der Waals surface area contributed by atoms with Gasteiger partial charge in [-0.2, -0.15) is 12.7 Å². The highest BCUT2D eigenvalue weighted by atomic mass is 32.2. The summed E-state index contributed by atoms with van der Waals surface area (Å²) < 4.78 is 37.2. The molecule has 14 nitrogen and oxygen atoms in total. The Hall–Kier alpha value is -6.23. The molecule has 0 radical (unpaired) electrons. The number of imidazole rings is 2. The van der Waals surface area contributed by atoms with Crippen molar-refractivity contribution in [2.45, 2.75) is 58.8 Å². The van der Waals surface area contributed by atoms with Crippen LogP contribution < -0.4 is 16.1 Å². The lowest BCUT2D eigenvalue weighted by atomic mass is 10.0. The molecule has 2 aliphatic rings. The van der Waals surface area contributed by atoms with E-state index in [1.54, 1.807) is 29.6 Å². The fraction of sp³-hybridized carbons (Fsp3) is 0.289. The quantitative estimate of drug-likeness (QED) is 0.177. The molecular weight excluding hydrogens is 815 g/mol. The van der Waals surface area contributed by atoms with Crippen LogP contribution in [0.25, 0.3) is 43.1 Å². The molecule has 4 aromatic carbocycles. The maximum absolute atomic E-state index is 13.6. The average molecular weight is 860 g/mol. The standard InChI is InChI=1S/C24H25N3O3.C21H20N4O4S2/c1-15-7-5-12-21-22(15)16(13-25(21)2)14-26-19-9-3-4-10-20(19)27(24(26)30)18-11-6-8-17(18)23(28)29;1-14-5-4-8-18-20(14)15(13-30-18)11-25-17-7-3-2-6-16(17)24(21(25)27)10-9-23-12-19(26)22-31(23,28)29/h3-5,7,9-10,12-13,17-18H,6,8,11,14H2,1-2H3,(H,28,29);2-8,13H,9-12H2,1H3,(H,22,26). The van der Waals surface area contributed by atoms with E-state index in [2.05, 4.69) is 54.3 Å². The number of para-hydroxylation sites is 4. The van der Waals surface area contributed by atoms with Crippen molar-refractivity contribution in [1.82, 2.24) is 31.9 Å². The second-order valence-electron chi connectivity index (χ2n) is 16.0. The van der Waals surface area contributed by atoms with E-state index in [0.29, 0.717) is 19.5 Å². The third-order valence-electron chi connectivity index (χ3n) is 12.2. The summed E-state index contributed by atoms with van der Waals surface area (Å²) in [5.74, 6) is -1.89. The van der Waals surface area contributed by atoms with Crippen LogP contribution in [0, 0.1) is 19.8 Å². The number of nitrogens with one attached hydrogen (secondary N) is 1. The topological polar surface area (TPSA) is 163 Å². The van der Waals surface area contributed by atoms with Gasteiger partial charge in [-0.05, 0) is 90.7 Å². The highest BCUT2D eigenvalue weighted by molar-refractivity contribution is 7.88. The molecule has 314 valence electrons. The number of amides is 1. The molecule has 1 amide bonds. The van der Waals surface area contributed by atoms with Gasteiger partial charge in [-0.1, -0.05) is 55.0 Å². The first-order valence-electron chi connectivity index (χ1n) is 20.2. The zero-order valence-corrected chi connectivity index (χ0v) is 35.6. The maximum atomic E-state index is 13.6. The minimum Gasteiger partial charge on any atom is -0.481 e. The van der Waals surface area contributed by atoms with Gasteiger partial charge in [-0.15, -0.1) is 11.3 Å². The molecule has 4 aromatic heterocycles. The van der Waals surface area contributed by atoms with Gasteiger partial charge >= 0.3 is 27.6 Å². The number of hydrogen-bond acceptors (Lipinski definition) is 7. The van der Waals surface area contributed by atoms with Crippen molar-refractivity contribution < 1.29 is 23.1 Å². The fourth-order valence-electron chi connectivity index (χ4n) is 9.43. The van der Waals surface area contributed by atoms with Crippen LogP contribution in [0.3, 0.4) is 0 Å². The number of aryl methyl sites for hydroxylation is 3. The number of rotatable bonds is 9. The van der Waals surface area contributed by atoms with E-state index in [0.717, 1.165) is 55.9 Å². The Balaban J connectivity index is 0.000000156. The molecule has 1 saturated heterocycles. The highest BCUT2D eigenvalue weighted by Gasteiger charge is 2.37. The molecule has 2 fully saturated rings. The Kier molecular flexibility index (Phi) is 10.3. The number of thiophene rings is 1. The van der Waals surface area contributed by atoms with Gasteiger partial charge in [-0.3, -0.25) is 27.9 Å². The summed E-state index contributed by atoms with van der Waals surface area (Å²) in [5.41, 5.74) is 8.54. The maximum Gasteiger partial charge on any atom is 0.329 e. The molecule has 2 unspecified atom stereocenters. The number of carbonyl (C=O) groups is 2. The van der Waals surface area contributed by atoms with Crippen LogP contribution in [0.15, 0.2) is 106 Å². The normalized spacial score (nSPS) is 17.7. The smallest absolute Gasteiger partial charge is 0.329 e. The minimum absolute atomic E-state index is 0.0372. The number of carboxylic acid groups (broad SMARTS) is 1. The summed E-state index contributed by atoms with van der Waals surface area (Å²) in [5, 5.41) is 14.1. The minimum atomic E-state index is -3.82. The van der Waals surface area contributed by atoms with Crippen molar-refractivity contribution in [1.29, 1.82) is 0 Å². The highest BCUT2D eigenvalue weighted by Crippen LogP contribution is 2.37. The van der Waals surface area contributed by atoms with Crippen LogP contribution in [0.4, 0.5) is 0 Å². The Labute approximate surface area is 354 Å². The molecule has 10 rings (SSSR count). The zero-order valence-electron chi connectivity index (χ0n) is 33.9. The van der Waals surface area contributed by atoms with E-state index in [1.165, 1.54) is 26.6 Å². The molecule has 61 heavy (non-hydrogen) atoms. The number of hydrogen-bond donors (Lipinski definition) is 2. The lowest BCUT2D eigenvalue weighted by Gasteiger charge is -2.17. The van der Waals surface area contributed by atoms with E-state index in [4.69, 9.17) is 0 Å². The van der Waals surface area contributed by atoms with Crippen LogP contribution in [0.2, 0.25) is 0 Å². The largest absolute Gasteiger partial charge is 0.481 e. The van der Waals surface area contributed by atoms with Crippen LogP contribution >= 0.6 is 11.3 Å². The monoisotopic (exact) mass is 859 g/mol. The predicted molar refractivity (Wildman–Crippen MR) is 237 cm³/mol. The third-order valence-corrected chi connectivity index (χ3v) is 14.7. The fourth-order valence-corrected chi connectivity index (χ4v) is 11.6. The van der Waals surface area contributed by atoms with Crippen LogP contribution in [-0.4, -0.2) is 65.6 Å². The molecule has 8 aromatic rings. The van der Waals surface area contributed by atoms with Crippen molar-refractivity contribution in [2.75, 3.05) is 13.1 Å². The summed E-state index contributed by atoms with van der Waals surface area (Å²) in [6.07, 6.45) is 4.26. The van der Waals surface area contributed by atoms with Gasteiger partial charge in [-0.25, -0.2) is 14.3 Å². The second kappa shape index (κ2) is 15.7. The second-order valence-corrected chi connectivity index (χ2v) is 18.6. The number of benzene rings is 4. The molecule has 2 atom stereocenters. The Morgan fingerprint density at radius 1 is 0.738 bits per heavy atom. The van der Waals surface area contributed by atoms with Crippen LogP contribution in [0.5, 0.6) is 0 Å². The van der Waals surface area contributed by atoms with Gasteiger partial charge in [0.1, 0.15) is 0 Å². The van der Waals surface area contributed by atoms with Gasteiger partial charge < -0.3 is 9.67 Å². The van der Waals surface area contributed by atoms with E-state index < -0.39 is 28.0 Å². The van der Waals surface area contributed by atoms with Crippen molar-refractivity contribution >= 4 is 76.5 Å². The van der Waals surface area contributed by atoms with Gasteiger partial charge in [0.05, 0.1) is 53.7 Å². The SMILES string of the molecule is Cc1cccc2c1c(Cn1c(=O)n(C3CCCC3C(=O)O)c3ccccc31)cn2C.Cc1cccc2scc(Cn3c(=O)n(CCN4CC(=O)NS4(=O)=O)c4ccccc43)c12. The summed E-state index contributed by atoms with van der Waals surface area (Å²) in [6, 6.07) is 27.3. The summed E-state index contributed by atoms with van der Waals surface area (Å²) >= 11 is 1.66. The molecule has 1 aliphatic carbocycles. The summed E-state index contributed by atoms with van der Waals surface area (Å²) in [4.78, 5) is 50.2. The van der Waals surface area contributed by atoms with Crippen LogP contribution in [-0.2, 0) is 46.5 Å². The molecule has 16 heteroatoms. The van der Waals surface area contributed by atoms with Gasteiger partial charge in [0.2, 0.25) is 5.91 Å². The number of aromatic nitrogens is 5.